The molecule has 1 fully saturated rings. The third kappa shape index (κ3) is 102. The molecule has 1 saturated heterocycles. The van der Waals surface area contributed by atoms with Crippen molar-refractivity contribution in [2.75, 3.05) is 89.6 Å². The number of ether oxygens (including phenoxy) is 11. The van der Waals surface area contributed by atoms with Crippen molar-refractivity contribution in [3.63, 3.8) is 0 Å². The summed E-state index contributed by atoms with van der Waals surface area (Å²) in [4.78, 5) is 8.12. The summed E-state index contributed by atoms with van der Waals surface area (Å²) in [6, 6.07) is 35.8. The Hall–Kier alpha value is -1.35. The van der Waals surface area contributed by atoms with Crippen LogP contribution in [0.1, 0.15) is 414 Å². The van der Waals surface area contributed by atoms with Crippen molar-refractivity contribution >= 4 is 38.7 Å². The first-order valence-corrected chi connectivity index (χ1v) is 57.6. The quantitative estimate of drug-likeness (QED) is 0.00603. The number of unbranched alkanes of at least 4 members (excludes halogenated alkanes) is 31. The smallest absolute Gasteiger partial charge is 1.00 e. The molecule has 1 aliphatic rings. The van der Waals surface area contributed by atoms with Crippen LogP contribution >= 0.6 is 16.5 Å². The molecule has 0 aliphatic carbocycles. The number of carbonyl (C=O) groups is 1. The topological polar surface area (TPSA) is 165 Å². The molecule has 3 aromatic carbocycles. The van der Waals surface area contributed by atoms with E-state index in [2.05, 4.69) is 143 Å². The number of hydrogen-bond donors (Lipinski definition) is 0. The molecule has 0 amide bonds. The van der Waals surface area contributed by atoms with Crippen LogP contribution < -0.4 is 93.1 Å². The van der Waals surface area contributed by atoms with Gasteiger partial charge in [-0.05, 0) is 158 Å². The zero-order valence-corrected chi connectivity index (χ0v) is 92.7. The second-order valence-corrected chi connectivity index (χ2v) is 43.0. The average molecular weight is 1960 g/mol. The Balaban J connectivity index is -0.000000350. The summed E-state index contributed by atoms with van der Waals surface area (Å²) < 4.78 is 61.8. The van der Waals surface area contributed by atoms with Crippen molar-refractivity contribution in [3.05, 3.63) is 127 Å². The van der Waals surface area contributed by atoms with Gasteiger partial charge in [0, 0.05) is 78.9 Å². The normalized spacial score (nSPS) is 11.7. The van der Waals surface area contributed by atoms with Gasteiger partial charge in [0.15, 0.2) is 25.2 Å². The van der Waals surface area contributed by atoms with E-state index in [4.69, 9.17) is 69.0 Å². The fourth-order valence-electron chi connectivity index (χ4n) is 13.2. The summed E-state index contributed by atoms with van der Waals surface area (Å²) in [6.07, 6.45) is 70.1. The second-order valence-electron chi connectivity index (χ2n) is 32.1. The summed E-state index contributed by atoms with van der Waals surface area (Å²) in [5.74, 6) is 0.802. The number of nitrogens with zero attached hydrogens (tertiary/aromatic N) is 1. The van der Waals surface area contributed by atoms with Crippen LogP contribution in [0.4, 0.5) is 0 Å². The van der Waals surface area contributed by atoms with E-state index >= 15 is 0 Å². The van der Waals surface area contributed by atoms with Gasteiger partial charge in [-0.15, -0.1) is 17.2 Å². The standard InChI is InChI=1S/C31H42IO2P.C20H38O2.2C14H30O2.C13H27ClO2.C7H12O.C4H8O.C4H9O.C2H3N.K/c1-3-33-31(34-4-2)26-18-7-5-6-8-19-27-32-35(28-20-12-9-13-21-28,29-22-14-10-15-23-29)30-24-16-11-17-25-30;1-4-7-8-9-10-11-12-13-14-15-16-17-18-19-20(21-5-2)22-6-3;2*1-4-7-8-9-10-11-12-13-14(15-5-2)16-6-3;1-3-15-13(16-4-2)11-9-7-5-6-8-10-12-14;1-2-3-4-5-6-7-8;1-2-4-5-3-1;1-4(2,3)5;1-2-3;/h9-17,20-25,31H,3-8,18-19,26-27H2,1-2H3;9-12,20H,4-8,13-19H2,1-3H3;2*14H,4-13H2,1-3H3;13H,3-12H2,1-2H3;5-7H,2-4H2,1H3;1-4H2;1-3H3;1H3;/q;;;;;;;-1;;+1/b;10-9+,12-11-;;;;6-5+;;;;. The molecule has 3 aromatic rings. The third-order valence-corrected chi connectivity index (χ3v) is 33.7. The molecule has 0 unspecified atom stereocenters. The van der Waals surface area contributed by atoms with E-state index in [0.29, 0.717) is 0 Å². The molecule has 0 spiro atoms. The zero-order valence-electron chi connectivity index (χ0n) is 85.8. The van der Waals surface area contributed by atoms with Gasteiger partial charge in [-0.2, -0.15) is 5.26 Å². The van der Waals surface area contributed by atoms with Gasteiger partial charge in [-0.3, -0.25) is 4.79 Å². The maximum atomic E-state index is 10.1. The molecule has 1 heterocycles. The monoisotopic (exact) mass is 1960 g/mol. The molecule has 0 atom stereocenters. The first kappa shape index (κ1) is 136. The van der Waals surface area contributed by atoms with Crippen molar-refractivity contribution in [2.45, 2.75) is 451 Å². The fraction of sp³-hybridized carbons (Fsp3) is 0.761. The number of halogens is 2. The van der Waals surface area contributed by atoms with E-state index in [1.807, 2.05) is 75.3 Å². The van der Waals surface area contributed by atoms with Crippen LogP contribution in [0.3, 0.4) is 0 Å². The van der Waals surface area contributed by atoms with Gasteiger partial charge < -0.3 is 47.7 Å². The molecule has 738 valence electrons. The zero-order chi connectivity index (χ0) is 94.1. The van der Waals surface area contributed by atoms with Crippen LogP contribution in [0.5, 0.6) is 0 Å². The van der Waals surface area contributed by atoms with Crippen LogP contribution in [-0.4, -0.2) is 133 Å². The van der Waals surface area contributed by atoms with Crippen LogP contribution in [0.2, 0.25) is 0 Å². The van der Waals surface area contributed by atoms with E-state index in [-0.39, 0.29) is 103 Å². The Kier molecular flexibility index (Phi) is 124. The summed E-state index contributed by atoms with van der Waals surface area (Å²) in [7, 11) is 0. The second kappa shape index (κ2) is 115. The van der Waals surface area contributed by atoms with E-state index < -0.39 is 10.5 Å². The van der Waals surface area contributed by atoms with Gasteiger partial charge in [0.2, 0.25) is 0 Å². The minimum Gasteiger partial charge on any atom is 1.00 e. The number of hydrogen-bond acceptors (Lipinski definition) is 14. The molecule has 0 radical (unpaired) electrons. The van der Waals surface area contributed by atoms with Crippen LogP contribution in [0.15, 0.2) is 127 Å². The summed E-state index contributed by atoms with van der Waals surface area (Å²) in [5.41, 5.74) is -0.750. The molecule has 0 N–H and O–H groups in total. The van der Waals surface area contributed by atoms with Crippen molar-refractivity contribution in [3.8, 4) is 6.07 Å². The Morgan fingerprint density at radius 1 is 0.370 bits per heavy atom. The Bertz CT molecular complexity index is 2430. The average Bonchev–Trinajstić information content (AvgIpc) is 1.02. The predicted molar refractivity (Wildman–Crippen MR) is 542 cm³/mol. The molecule has 4 rings (SSSR count). The number of benzene rings is 3. The van der Waals surface area contributed by atoms with Gasteiger partial charge in [0.1, 0.15) is 6.29 Å². The minimum atomic E-state index is -1.56. The number of alkyl halides is 2. The maximum absolute atomic E-state index is 10.1. The van der Waals surface area contributed by atoms with Gasteiger partial charge in [0.05, 0.1) is 6.07 Å². The van der Waals surface area contributed by atoms with Crippen LogP contribution in [-0.2, 0) is 56.9 Å². The molecule has 127 heavy (non-hydrogen) atoms. The van der Waals surface area contributed by atoms with Crippen molar-refractivity contribution in [1.82, 2.24) is 0 Å². The van der Waals surface area contributed by atoms with Crippen molar-refractivity contribution < 1.29 is 134 Å². The minimum absolute atomic E-state index is 0. The summed E-state index contributed by atoms with van der Waals surface area (Å²) >= 11 is 5.59. The number of rotatable bonds is 73. The molecule has 0 saturated carbocycles. The third-order valence-electron chi connectivity index (χ3n) is 19.5. The van der Waals surface area contributed by atoms with E-state index in [0.717, 1.165) is 136 Å². The molecule has 0 bridgehead atoms. The van der Waals surface area contributed by atoms with Gasteiger partial charge >= 0.3 is 276 Å². The number of carbonyl (C=O) groups excluding carboxylic acids is 1. The van der Waals surface area contributed by atoms with Gasteiger partial charge in [-0.25, -0.2) is 0 Å². The van der Waals surface area contributed by atoms with E-state index in [9.17, 15) is 9.90 Å². The SMILES string of the molecule is C1CCOC1.CC#N.CC(C)(C)[O-].CCCC/C=C/C=C\CCCCCCCC(OCC)OCC.CCCC/C=C/C=O.CCCCCCCCCC(OCC)OCC.CCCCCCCCCC(OCC)OCC.CCOC(CCCCCCCCCl)OCC.CCOC(CCCCCCCC[I-][P+](c1ccccc1)(c1ccccc1)c1ccccc1)OCC.[K+]. The number of nitriles is 1. The molecule has 1 aliphatic heterocycles. The van der Waals surface area contributed by atoms with Gasteiger partial charge in [0.25, 0.3) is 0 Å². The molecule has 18 heteroatoms. The van der Waals surface area contributed by atoms with Crippen LogP contribution in [0.25, 0.3) is 0 Å². The van der Waals surface area contributed by atoms with Crippen molar-refractivity contribution in [2.24, 2.45) is 0 Å². The number of allylic oxidation sites excluding steroid dienone is 6. The Labute approximate surface area is 843 Å². The Morgan fingerprint density at radius 2 is 0.591 bits per heavy atom. The summed E-state index contributed by atoms with van der Waals surface area (Å²) in [6.45, 7) is 44.9. The molecular formula is C109H199ClIKNO13P. The fourth-order valence-corrected chi connectivity index (χ4v) is 27.0. The molecule has 0 aromatic heterocycles. The van der Waals surface area contributed by atoms with Gasteiger partial charge in [-0.1, -0.05) is 227 Å². The number of aldehydes is 1. The molecular weight excluding hydrogens is 1760 g/mol. The van der Waals surface area contributed by atoms with E-state index in [1.54, 1.807) is 48.8 Å². The molecule has 14 nitrogen and oxygen atoms in total. The van der Waals surface area contributed by atoms with E-state index in [1.165, 1.54) is 255 Å². The first-order valence-electron chi connectivity index (χ1n) is 50.9. The Morgan fingerprint density at radius 3 is 0.819 bits per heavy atom. The van der Waals surface area contributed by atoms with Crippen LogP contribution in [0, 0.1) is 11.3 Å². The first-order chi connectivity index (χ1) is 61.5. The van der Waals surface area contributed by atoms with Crippen molar-refractivity contribution in [1.29, 1.82) is 5.26 Å². The summed E-state index contributed by atoms with van der Waals surface area (Å²) in [5, 5.41) is 22.1. The predicted octanol–water partition coefficient (Wildman–Crippen LogP) is 24.3.